The third kappa shape index (κ3) is 5.96. The minimum atomic E-state index is -0.620. The Morgan fingerprint density at radius 3 is 2.33 bits per heavy atom. The molecule has 0 atom stereocenters. The van der Waals surface area contributed by atoms with Crippen LogP contribution >= 0.6 is 0 Å². The maximum Gasteiger partial charge on any atom is 0.224 e. The first-order valence-electron chi connectivity index (χ1n) is 8.68. The van der Waals surface area contributed by atoms with Crippen LogP contribution in [0.25, 0.3) is 0 Å². The fourth-order valence-electron chi connectivity index (χ4n) is 3.04. The number of rotatable bonds is 7. The summed E-state index contributed by atoms with van der Waals surface area (Å²) in [6.45, 7) is 3.44. The summed E-state index contributed by atoms with van der Waals surface area (Å²) < 4.78 is 0. The number of hydrogen-bond acceptors (Lipinski definition) is 3. The second-order valence-electron chi connectivity index (χ2n) is 7.37. The number of amides is 2. The lowest BCUT2D eigenvalue weighted by atomic mass is 10.0. The van der Waals surface area contributed by atoms with Crippen LogP contribution in [0, 0.1) is 5.92 Å². The molecule has 132 valence electrons. The summed E-state index contributed by atoms with van der Waals surface area (Å²) in [5.41, 5.74) is 1.01. The van der Waals surface area contributed by atoms with Crippen LogP contribution in [0.5, 0.6) is 0 Å². The summed E-state index contributed by atoms with van der Waals surface area (Å²) in [6, 6.07) is 7.34. The third-order valence-corrected chi connectivity index (χ3v) is 4.42. The quantitative estimate of drug-likeness (QED) is 0.718. The van der Waals surface area contributed by atoms with Crippen LogP contribution in [0.1, 0.15) is 51.5 Å². The fourth-order valence-corrected chi connectivity index (χ4v) is 3.04. The number of nitrogens with one attached hydrogen (secondary N) is 2. The van der Waals surface area contributed by atoms with Crippen LogP contribution in [0.2, 0.25) is 0 Å². The number of carbonyl (C=O) groups is 2. The molecule has 1 saturated carbocycles. The molecule has 0 aromatic heterocycles. The molecule has 2 rings (SSSR count). The number of aliphatic hydroxyl groups excluding tert-OH is 1. The minimum absolute atomic E-state index is 0.0667. The van der Waals surface area contributed by atoms with E-state index >= 15 is 0 Å². The molecule has 3 N–H and O–H groups in total. The van der Waals surface area contributed by atoms with Crippen LogP contribution < -0.4 is 10.6 Å². The van der Waals surface area contributed by atoms with Gasteiger partial charge in [-0.25, -0.2) is 0 Å². The monoisotopic (exact) mass is 332 g/mol. The minimum Gasteiger partial charge on any atom is -0.394 e. The molecular formula is C19H28N2O3. The highest BCUT2D eigenvalue weighted by atomic mass is 16.3. The van der Waals surface area contributed by atoms with Crippen molar-refractivity contribution in [2.45, 2.75) is 57.9 Å². The zero-order valence-electron chi connectivity index (χ0n) is 14.6. The Kier molecular flexibility index (Phi) is 6.37. The summed E-state index contributed by atoms with van der Waals surface area (Å²) >= 11 is 0. The van der Waals surface area contributed by atoms with Crippen molar-refractivity contribution in [2.75, 3.05) is 11.9 Å². The fraction of sp³-hybridized carbons (Fsp3) is 0.579. The van der Waals surface area contributed by atoms with Gasteiger partial charge in [0.25, 0.3) is 0 Å². The van der Waals surface area contributed by atoms with E-state index in [0.29, 0.717) is 12.3 Å². The first-order valence-corrected chi connectivity index (χ1v) is 8.68. The predicted molar refractivity (Wildman–Crippen MR) is 94.7 cm³/mol. The second kappa shape index (κ2) is 8.29. The highest BCUT2D eigenvalue weighted by molar-refractivity contribution is 5.91. The lowest BCUT2D eigenvalue weighted by Crippen LogP contribution is -2.46. The van der Waals surface area contributed by atoms with Crippen molar-refractivity contribution in [1.29, 1.82) is 0 Å². The number of benzene rings is 1. The molecule has 0 radical (unpaired) electrons. The van der Waals surface area contributed by atoms with Gasteiger partial charge in [-0.3, -0.25) is 9.59 Å². The van der Waals surface area contributed by atoms with Gasteiger partial charge >= 0.3 is 0 Å². The number of carbonyl (C=O) groups excluding carboxylic acids is 2. The highest BCUT2D eigenvalue weighted by Crippen LogP contribution is 2.27. The van der Waals surface area contributed by atoms with E-state index in [9.17, 15) is 14.7 Å². The van der Waals surface area contributed by atoms with E-state index in [4.69, 9.17) is 0 Å². The topological polar surface area (TPSA) is 78.4 Å². The van der Waals surface area contributed by atoms with Gasteiger partial charge < -0.3 is 15.7 Å². The number of hydrogen-bond donors (Lipinski definition) is 3. The zero-order chi connectivity index (χ0) is 17.6. The summed E-state index contributed by atoms with van der Waals surface area (Å²) in [5.74, 6) is 0.465. The van der Waals surface area contributed by atoms with Crippen LogP contribution in [0.15, 0.2) is 24.3 Å². The van der Waals surface area contributed by atoms with Gasteiger partial charge in [0.15, 0.2) is 0 Å². The summed E-state index contributed by atoms with van der Waals surface area (Å²) in [4.78, 5) is 24.0. The Labute approximate surface area is 143 Å². The Morgan fingerprint density at radius 2 is 1.75 bits per heavy atom. The van der Waals surface area contributed by atoms with Gasteiger partial charge in [0, 0.05) is 12.1 Å². The standard InChI is InChI=1S/C19H28N2O3/c1-19(2,13-22)21-18(24)12-15-7-9-16(10-8-15)20-17(23)11-14-5-3-4-6-14/h7-10,14,22H,3-6,11-13H2,1-2H3,(H,20,23)(H,21,24). The first kappa shape index (κ1) is 18.5. The lowest BCUT2D eigenvalue weighted by molar-refractivity contribution is -0.122. The van der Waals surface area contributed by atoms with Crippen LogP contribution in [-0.4, -0.2) is 29.1 Å². The molecule has 0 unspecified atom stereocenters. The maximum atomic E-state index is 12.0. The van der Waals surface area contributed by atoms with Crippen LogP contribution in [0.3, 0.4) is 0 Å². The average Bonchev–Trinajstić information content (AvgIpc) is 3.01. The van der Waals surface area contributed by atoms with E-state index in [1.807, 2.05) is 24.3 Å². The van der Waals surface area contributed by atoms with Crippen molar-refractivity contribution in [3.8, 4) is 0 Å². The Bertz CT molecular complexity index is 560. The van der Waals surface area contributed by atoms with Gasteiger partial charge in [0.05, 0.1) is 18.6 Å². The molecule has 1 aromatic rings. The number of aliphatic hydroxyl groups is 1. The van der Waals surface area contributed by atoms with Gasteiger partial charge in [0.2, 0.25) is 11.8 Å². The molecule has 0 heterocycles. The van der Waals surface area contributed by atoms with E-state index in [-0.39, 0.29) is 24.8 Å². The van der Waals surface area contributed by atoms with Crippen molar-refractivity contribution < 1.29 is 14.7 Å². The van der Waals surface area contributed by atoms with Crippen molar-refractivity contribution in [3.05, 3.63) is 29.8 Å². The smallest absolute Gasteiger partial charge is 0.224 e. The van der Waals surface area contributed by atoms with E-state index in [1.54, 1.807) is 13.8 Å². The highest BCUT2D eigenvalue weighted by Gasteiger charge is 2.20. The van der Waals surface area contributed by atoms with E-state index in [2.05, 4.69) is 10.6 Å². The Morgan fingerprint density at radius 1 is 1.12 bits per heavy atom. The summed E-state index contributed by atoms with van der Waals surface area (Å²) in [5, 5.41) is 14.9. The number of anilines is 1. The second-order valence-corrected chi connectivity index (χ2v) is 7.37. The maximum absolute atomic E-state index is 12.0. The normalized spacial score (nSPS) is 15.3. The zero-order valence-corrected chi connectivity index (χ0v) is 14.6. The first-order chi connectivity index (χ1) is 11.4. The van der Waals surface area contributed by atoms with Crippen LogP contribution in [-0.2, 0) is 16.0 Å². The molecule has 2 amide bonds. The lowest BCUT2D eigenvalue weighted by Gasteiger charge is -2.23. The molecule has 0 saturated heterocycles. The Balaban J connectivity index is 1.81. The molecule has 24 heavy (non-hydrogen) atoms. The molecule has 1 aliphatic rings. The third-order valence-electron chi connectivity index (χ3n) is 4.42. The van der Waals surface area contributed by atoms with E-state index < -0.39 is 5.54 Å². The molecule has 0 spiro atoms. The average molecular weight is 332 g/mol. The predicted octanol–water partition coefficient (Wildman–Crippen LogP) is 2.63. The molecule has 1 fully saturated rings. The molecular weight excluding hydrogens is 304 g/mol. The molecule has 5 nitrogen and oxygen atoms in total. The molecule has 1 aliphatic carbocycles. The SMILES string of the molecule is CC(C)(CO)NC(=O)Cc1ccc(NC(=O)CC2CCCC2)cc1. The van der Waals surface area contributed by atoms with Crippen molar-refractivity contribution >= 4 is 17.5 Å². The largest absolute Gasteiger partial charge is 0.394 e. The summed E-state index contributed by atoms with van der Waals surface area (Å²) in [7, 11) is 0. The van der Waals surface area contributed by atoms with Crippen molar-refractivity contribution in [1.82, 2.24) is 5.32 Å². The van der Waals surface area contributed by atoms with Crippen LogP contribution in [0.4, 0.5) is 5.69 Å². The Hall–Kier alpha value is -1.88. The van der Waals surface area contributed by atoms with Crippen molar-refractivity contribution in [3.63, 3.8) is 0 Å². The molecule has 0 bridgehead atoms. The van der Waals surface area contributed by atoms with Gasteiger partial charge in [-0.05, 0) is 50.3 Å². The van der Waals surface area contributed by atoms with E-state index in [0.717, 1.165) is 24.1 Å². The van der Waals surface area contributed by atoms with Gasteiger partial charge in [-0.2, -0.15) is 0 Å². The van der Waals surface area contributed by atoms with Gasteiger partial charge in [0.1, 0.15) is 0 Å². The van der Waals surface area contributed by atoms with Crippen molar-refractivity contribution in [2.24, 2.45) is 5.92 Å². The molecule has 1 aromatic carbocycles. The van der Waals surface area contributed by atoms with Gasteiger partial charge in [-0.1, -0.05) is 25.0 Å². The molecule has 0 aliphatic heterocycles. The van der Waals surface area contributed by atoms with Gasteiger partial charge in [-0.15, -0.1) is 0 Å². The summed E-state index contributed by atoms with van der Waals surface area (Å²) in [6.07, 6.45) is 5.64. The molecule has 5 heteroatoms. The van der Waals surface area contributed by atoms with E-state index in [1.165, 1.54) is 12.8 Å².